The van der Waals surface area contributed by atoms with Gasteiger partial charge in [0.15, 0.2) is 0 Å². The number of carbonyl (C=O) groups excluding carboxylic acids is 2. The van der Waals surface area contributed by atoms with Gasteiger partial charge in [0.1, 0.15) is 0 Å². The quantitative estimate of drug-likeness (QED) is 0.716. The van der Waals surface area contributed by atoms with Crippen molar-refractivity contribution < 1.29 is 19.1 Å². The van der Waals surface area contributed by atoms with Crippen molar-refractivity contribution in [1.82, 2.24) is 10.4 Å². The molecule has 1 aliphatic heterocycles. The summed E-state index contributed by atoms with van der Waals surface area (Å²) < 4.78 is 9.66. The van der Waals surface area contributed by atoms with Gasteiger partial charge in [0, 0.05) is 19.6 Å². The Bertz CT molecular complexity index is 352. The van der Waals surface area contributed by atoms with Gasteiger partial charge in [-0.25, -0.2) is 5.01 Å². The van der Waals surface area contributed by atoms with Crippen LogP contribution in [0.15, 0.2) is 0 Å². The Hall–Kier alpha value is -1.14. The van der Waals surface area contributed by atoms with Crippen LogP contribution in [-0.2, 0) is 19.1 Å². The summed E-state index contributed by atoms with van der Waals surface area (Å²) in [6.07, 6.45) is 3.99. The van der Waals surface area contributed by atoms with Gasteiger partial charge in [-0.05, 0) is 33.1 Å². The number of hydrogen-bond acceptors (Lipinski definition) is 6. The van der Waals surface area contributed by atoms with Crippen molar-refractivity contribution in [2.75, 3.05) is 33.9 Å². The summed E-state index contributed by atoms with van der Waals surface area (Å²) in [5.41, 5.74) is 2.59. The fraction of sp³-hybridized carbons (Fsp3) is 0.867. The van der Waals surface area contributed by atoms with E-state index in [1.54, 1.807) is 13.8 Å². The second kappa shape index (κ2) is 8.34. The first kappa shape index (κ1) is 17.9. The highest BCUT2D eigenvalue weighted by Gasteiger charge is 2.35. The van der Waals surface area contributed by atoms with Crippen LogP contribution in [0, 0.1) is 11.3 Å². The van der Waals surface area contributed by atoms with Crippen molar-refractivity contribution >= 4 is 11.9 Å². The van der Waals surface area contributed by atoms with Crippen molar-refractivity contribution in [2.45, 2.75) is 39.5 Å². The van der Waals surface area contributed by atoms with E-state index < -0.39 is 5.41 Å². The third kappa shape index (κ3) is 5.63. The highest BCUT2D eigenvalue weighted by atomic mass is 16.5. The molecule has 0 radical (unpaired) electrons. The van der Waals surface area contributed by atoms with Crippen LogP contribution < -0.4 is 5.43 Å². The zero-order chi connectivity index (χ0) is 15.9. The second-order valence-corrected chi connectivity index (χ2v) is 6.21. The summed E-state index contributed by atoms with van der Waals surface area (Å²) in [7, 11) is 2.74. The van der Waals surface area contributed by atoms with Crippen molar-refractivity contribution in [1.29, 1.82) is 0 Å². The molecule has 122 valence electrons. The van der Waals surface area contributed by atoms with E-state index in [2.05, 4.69) is 10.4 Å². The predicted molar refractivity (Wildman–Crippen MR) is 79.3 cm³/mol. The molecule has 0 aromatic heterocycles. The van der Waals surface area contributed by atoms with Gasteiger partial charge in [0.05, 0.1) is 25.6 Å². The molecule has 1 N–H and O–H groups in total. The van der Waals surface area contributed by atoms with E-state index >= 15 is 0 Å². The van der Waals surface area contributed by atoms with E-state index in [1.807, 2.05) is 0 Å². The Morgan fingerprint density at radius 3 is 2.29 bits per heavy atom. The first-order chi connectivity index (χ1) is 9.90. The maximum Gasteiger partial charge on any atom is 0.311 e. The summed E-state index contributed by atoms with van der Waals surface area (Å²) in [4.78, 5) is 23.7. The van der Waals surface area contributed by atoms with E-state index in [4.69, 9.17) is 9.47 Å². The van der Waals surface area contributed by atoms with Crippen LogP contribution in [0.2, 0.25) is 0 Å². The van der Waals surface area contributed by atoms with Crippen LogP contribution in [0.3, 0.4) is 0 Å². The highest BCUT2D eigenvalue weighted by Crippen LogP contribution is 2.27. The van der Waals surface area contributed by atoms with Crippen LogP contribution in [-0.4, -0.2) is 50.8 Å². The average molecular weight is 300 g/mol. The standard InChI is InChI=1S/C15H28N2O4/c1-15(2,14(19)21-4)10-12(13(18)20-3)11-16-17-8-6-5-7-9-17/h12,16H,5-11H2,1-4H3. The lowest BCUT2D eigenvalue weighted by molar-refractivity contribution is -0.154. The van der Waals surface area contributed by atoms with E-state index in [-0.39, 0.29) is 17.9 Å². The zero-order valence-corrected chi connectivity index (χ0v) is 13.6. The lowest BCUT2D eigenvalue weighted by Crippen LogP contribution is -2.46. The van der Waals surface area contributed by atoms with E-state index in [0.29, 0.717) is 13.0 Å². The normalized spacial score (nSPS) is 18.1. The van der Waals surface area contributed by atoms with Crippen molar-refractivity contribution in [3.05, 3.63) is 0 Å². The minimum Gasteiger partial charge on any atom is -0.469 e. The molecular formula is C15H28N2O4. The number of hydrazine groups is 1. The van der Waals surface area contributed by atoms with Crippen LogP contribution in [0.1, 0.15) is 39.5 Å². The van der Waals surface area contributed by atoms with Gasteiger partial charge in [-0.1, -0.05) is 6.42 Å². The molecule has 0 aromatic rings. The van der Waals surface area contributed by atoms with Crippen LogP contribution in [0.25, 0.3) is 0 Å². The number of hydrogen-bond donors (Lipinski definition) is 1. The molecule has 6 heteroatoms. The number of piperidine rings is 1. The maximum absolute atomic E-state index is 11.9. The largest absolute Gasteiger partial charge is 0.469 e. The maximum atomic E-state index is 11.9. The molecular weight excluding hydrogens is 272 g/mol. The zero-order valence-electron chi connectivity index (χ0n) is 13.6. The summed E-state index contributed by atoms with van der Waals surface area (Å²) in [6, 6.07) is 0. The molecule has 1 unspecified atom stereocenters. The fourth-order valence-corrected chi connectivity index (χ4v) is 2.67. The number of methoxy groups -OCH3 is 2. The minimum atomic E-state index is -0.711. The first-order valence-electron chi connectivity index (χ1n) is 7.55. The topological polar surface area (TPSA) is 67.9 Å². The third-order valence-corrected chi connectivity index (χ3v) is 3.95. The third-order valence-electron chi connectivity index (χ3n) is 3.95. The van der Waals surface area contributed by atoms with Crippen LogP contribution in [0.4, 0.5) is 0 Å². The van der Waals surface area contributed by atoms with Crippen molar-refractivity contribution in [3.63, 3.8) is 0 Å². The summed E-state index contributed by atoms with van der Waals surface area (Å²) in [5.74, 6) is -0.975. The van der Waals surface area contributed by atoms with Crippen molar-refractivity contribution in [3.8, 4) is 0 Å². The molecule has 0 aliphatic carbocycles. The Morgan fingerprint density at radius 1 is 1.14 bits per heavy atom. The minimum absolute atomic E-state index is 0.295. The summed E-state index contributed by atoms with van der Waals surface area (Å²) in [6.45, 7) is 6.04. The van der Waals surface area contributed by atoms with E-state index in [1.165, 1.54) is 33.5 Å². The molecule has 1 fully saturated rings. The molecule has 0 aromatic carbocycles. The molecule has 6 nitrogen and oxygen atoms in total. The molecule has 1 rings (SSSR count). The van der Waals surface area contributed by atoms with E-state index in [9.17, 15) is 9.59 Å². The molecule has 0 spiro atoms. The number of nitrogens with one attached hydrogen (secondary N) is 1. The number of rotatable bonds is 7. The fourth-order valence-electron chi connectivity index (χ4n) is 2.67. The van der Waals surface area contributed by atoms with Gasteiger partial charge in [-0.15, -0.1) is 0 Å². The lowest BCUT2D eigenvalue weighted by atomic mass is 9.82. The Balaban J connectivity index is 2.58. The lowest BCUT2D eigenvalue weighted by Gasteiger charge is -2.30. The van der Waals surface area contributed by atoms with Gasteiger partial charge in [-0.3, -0.25) is 15.0 Å². The Labute approximate surface area is 127 Å². The van der Waals surface area contributed by atoms with Gasteiger partial charge >= 0.3 is 11.9 Å². The second-order valence-electron chi connectivity index (χ2n) is 6.21. The molecule has 0 saturated carbocycles. The molecule has 1 saturated heterocycles. The van der Waals surface area contributed by atoms with Crippen LogP contribution >= 0.6 is 0 Å². The monoisotopic (exact) mass is 300 g/mol. The molecule has 1 aliphatic rings. The SMILES string of the molecule is COC(=O)C(CNN1CCCCC1)CC(C)(C)C(=O)OC. The molecule has 1 atom stereocenters. The molecule has 21 heavy (non-hydrogen) atoms. The number of esters is 2. The Kier molecular flexibility index (Phi) is 7.11. The van der Waals surface area contributed by atoms with E-state index in [0.717, 1.165) is 13.1 Å². The Morgan fingerprint density at radius 2 is 1.76 bits per heavy atom. The highest BCUT2D eigenvalue weighted by molar-refractivity contribution is 5.78. The van der Waals surface area contributed by atoms with Gasteiger partial charge < -0.3 is 9.47 Å². The van der Waals surface area contributed by atoms with Gasteiger partial charge in [-0.2, -0.15) is 0 Å². The average Bonchev–Trinajstić information content (AvgIpc) is 2.50. The molecule has 1 heterocycles. The molecule has 0 bridgehead atoms. The number of carbonyl (C=O) groups is 2. The number of ether oxygens (including phenoxy) is 2. The predicted octanol–water partition coefficient (Wildman–Crippen LogP) is 1.36. The number of nitrogens with zero attached hydrogens (tertiary/aromatic N) is 1. The summed E-state index contributed by atoms with van der Waals surface area (Å²) in [5, 5.41) is 2.14. The van der Waals surface area contributed by atoms with Crippen LogP contribution in [0.5, 0.6) is 0 Å². The van der Waals surface area contributed by atoms with Gasteiger partial charge in [0.25, 0.3) is 0 Å². The molecule has 0 amide bonds. The summed E-state index contributed by atoms with van der Waals surface area (Å²) >= 11 is 0. The van der Waals surface area contributed by atoms with Crippen molar-refractivity contribution in [2.24, 2.45) is 11.3 Å². The van der Waals surface area contributed by atoms with Gasteiger partial charge in [0.2, 0.25) is 0 Å². The smallest absolute Gasteiger partial charge is 0.311 e. The first-order valence-corrected chi connectivity index (χ1v) is 7.55.